The van der Waals surface area contributed by atoms with E-state index in [4.69, 9.17) is 5.73 Å². The number of hydrogen-bond donors (Lipinski definition) is 1. The third-order valence-electron chi connectivity index (χ3n) is 4.84. The Morgan fingerprint density at radius 2 is 1.76 bits per heavy atom. The van der Waals surface area contributed by atoms with Gasteiger partial charge in [-0.3, -0.25) is 4.90 Å². The van der Waals surface area contributed by atoms with Gasteiger partial charge in [-0.2, -0.15) is 0 Å². The van der Waals surface area contributed by atoms with Crippen LogP contribution in [0.2, 0.25) is 0 Å². The maximum absolute atomic E-state index is 6.09. The molecule has 2 atom stereocenters. The Hall–Kier alpha value is -0.0800. The van der Waals surface area contributed by atoms with Gasteiger partial charge < -0.3 is 5.73 Å². The molecule has 0 bridgehead atoms. The van der Waals surface area contributed by atoms with Gasteiger partial charge in [-0.05, 0) is 44.1 Å². The van der Waals surface area contributed by atoms with Crippen molar-refractivity contribution in [2.75, 3.05) is 19.6 Å². The quantitative estimate of drug-likeness (QED) is 0.766. The summed E-state index contributed by atoms with van der Waals surface area (Å²) in [6, 6.07) is 0.677. The summed E-state index contributed by atoms with van der Waals surface area (Å²) in [6.45, 7) is 5.85. The third kappa shape index (κ3) is 3.69. The zero-order valence-electron chi connectivity index (χ0n) is 11.5. The smallest absolute Gasteiger partial charge is 0.0246 e. The topological polar surface area (TPSA) is 29.3 Å². The molecule has 1 heterocycles. The van der Waals surface area contributed by atoms with Gasteiger partial charge in [0.15, 0.2) is 0 Å². The first-order chi connectivity index (χ1) is 8.31. The molecule has 0 aromatic carbocycles. The van der Waals surface area contributed by atoms with Gasteiger partial charge in [-0.1, -0.05) is 32.6 Å². The molecular weight excluding hydrogens is 208 g/mol. The number of piperidine rings is 1. The fourth-order valence-electron chi connectivity index (χ4n) is 3.86. The van der Waals surface area contributed by atoms with E-state index < -0.39 is 0 Å². The lowest BCUT2D eigenvalue weighted by Gasteiger charge is -2.40. The van der Waals surface area contributed by atoms with Crippen LogP contribution in [0, 0.1) is 11.8 Å². The molecule has 0 aromatic heterocycles. The van der Waals surface area contributed by atoms with Crippen LogP contribution in [0.4, 0.5) is 0 Å². The van der Waals surface area contributed by atoms with Crippen molar-refractivity contribution in [1.29, 1.82) is 0 Å². The van der Waals surface area contributed by atoms with E-state index in [2.05, 4.69) is 11.8 Å². The molecule has 0 amide bonds. The van der Waals surface area contributed by atoms with Gasteiger partial charge in [-0.15, -0.1) is 0 Å². The number of nitrogens with two attached hydrogens (primary N) is 1. The minimum atomic E-state index is 0.677. The summed E-state index contributed by atoms with van der Waals surface area (Å²) in [6.07, 6.45) is 11.4. The van der Waals surface area contributed by atoms with Gasteiger partial charge in [0.2, 0.25) is 0 Å². The molecule has 2 rings (SSSR count). The molecule has 2 heteroatoms. The van der Waals surface area contributed by atoms with E-state index in [-0.39, 0.29) is 0 Å². The molecule has 2 N–H and O–H groups in total. The van der Waals surface area contributed by atoms with E-state index in [1.165, 1.54) is 64.5 Å². The predicted octanol–water partition coefficient (Wildman–Crippen LogP) is 3.02. The molecule has 1 saturated heterocycles. The van der Waals surface area contributed by atoms with Crippen LogP contribution in [-0.2, 0) is 0 Å². The highest BCUT2D eigenvalue weighted by molar-refractivity contribution is 4.84. The minimum Gasteiger partial charge on any atom is -0.329 e. The molecule has 0 radical (unpaired) electrons. The molecule has 100 valence electrons. The second-order valence-electron chi connectivity index (χ2n) is 6.30. The molecule has 1 saturated carbocycles. The van der Waals surface area contributed by atoms with Gasteiger partial charge in [-0.25, -0.2) is 0 Å². The van der Waals surface area contributed by atoms with E-state index in [0.29, 0.717) is 6.04 Å². The molecule has 2 unspecified atom stereocenters. The predicted molar refractivity (Wildman–Crippen MR) is 74.0 cm³/mol. The highest BCUT2D eigenvalue weighted by Crippen LogP contribution is 2.30. The van der Waals surface area contributed by atoms with E-state index in [9.17, 15) is 0 Å². The van der Waals surface area contributed by atoms with Crippen LogP contribution in [-0.4, -0.2) is 30.6 Å². The van der Waals surface area contributed by atoms with Gasteiger partial charge in [0.05, 0.1) is 0 Å². The summed E-state index contributed by atoms with van der Waals surface area (Å²) < 4.78 is 0. The standard InChI is InChI=1S/C15H30N2/c1-13-7-6-10-17(12-13)15(11-16)14-8-4-2-3-5-9-14/h13-15H,2-12,16H2,1H3. The average molecular weight is 238 g/mol. The van der Waals surface area contributed by atoms with Gasteiger partial charge in [0.1, 0.15) is 0 Å². The Kier molecular flexibility index (Phi) is 5.30. The molecule has 17 heavy (non-hydrogen) atoms. The van der Waals surface area contributed by atoms with E-state index in [0.717, 1.165) is 18.4 Å². The molecular formula is C15H30N2. The SMILES string of the molecule is CC1CCCN(C(CN)C2CCCCCC2)C1. The van der Waals surface area contributed by atoms with Crippen molar-refractivity contribution in [3.63, 3.8) is 0 Å². The average Bonchev–Trinajstić information content (AvgIpc) is 2.59. The van der Waals surface area contributed by atoms with Crippen molar-refractivity contribution in [2.24, 2.45) is 17.6 Å². The van der Waals surface area contributed by atoms with Crippen LogP contribution in [0.25, 0.3) is 0 Å². The summed E-state index contributed by atoms with van der Waals surface area (Å²) in [5.41, 5.74) is 6.09. The van der Waals surface area contributed by atoms with Crippen molar-refractivity contribution in [1.82, 2.24) is 4.90 Å². The van der Waals surface area contributed by atoms with Crippen LogP contribution >= 0.6 is 0 Å². The van der Waals surface area contributed by atoms with Crippen LogP contribution < -0.4 is 5.73 Å². The lowest BCUT2D eigenvalue weighted by atomic mass is 9.88. The molecule has 2 fully saturated rings. The lowest BCUT2D eigenvalue weighted by Crippen LogP contribution is -2.49. The molecule has 0 spiro atoms. The number of nitrogens with zero attached hydrogens (tertiary/aromatic N) is 1. The Morgan fingerprint density at radius 1 is 1.06 bits per heavy atom. The first kappa shape index (κ1) is 13.4. The molecule has 1 aliphatic heterocycles. The zero-order valence-corrected chi connectivity index (χ0v) is 11.5. The maximum Gasteiger partial charge on any atom is 0.0246 e. The second-order valence-corrected chi connectivity index (χ2v) is 6.30. The molecule has 2 aliphatic rings. The normalized spacial score (nSPS) is 31.1. The van der Waals surface area contributed by atoms with Crippen molar-refractivity contribution in [2.45, 2.75) is 64.3 Å². The highest BCUT2D eigenvalue weighted by Gasteiger charge is 2.29. The Balaban J connectivity index is 1.93. The van der Waals surface area contributed by atoms with Crippen LogP contribution in [0.15, 0.2) is 0 Å². The number of rotatable bonds is 3. The molecule has 0 aromatic rings. The van der Waals surface area contributed by atoms with Crippen molar-refractivity contribution in [3.8, 4) is 0 Å². The summed E-state index contributed by atoms with van der Waals surface area (Å²) in [4.78, 5) is 2.71. The van der Waals surface area contributed by atoms with Crippen LogP contribution in [0.3, 0.4) is 0 Å². The van der Waals surface area contributed by atoms with E-state index in [1.54, 1.807) is 0 Å². The summed E-state index contributed by atoms with van der Waals surface area (Å²) in [5, 5.41) is 0. The van der Waals surface area contributed by atoms with Crippen molar-refractivity contribution < 1.29 is 0 Å². The third-order valence-corrected chi connectivity index (χ3v) is 4.84. The van der Waals surface area contributed by atoms with E-state index in [1.807, 2.05) is 0 Å². The fraction of sp³-hybridized carbons (Fsp3) is 1.00. The second kappa shape index (κ2) is 6.75. The minimum absolute atomic E-state index is 0.677. The Labute approximate surface area is 107 Å². The van der Waals surface area contributed by atoms with Gasteiger partial charge >= 0.3 is 0 Å². The number of likely N-dealkylation sites (tertiary alicyclic amines) is 1. The van der Waals surface area contributed by atoms with Crippen molar-refractivity contribution in [3.05, 3.63) is 0 Å². The highest BCUT2D eigenvalue weighted by atomic mass is 15.2. The Bertz CT molecular complexity index is 207. The van der Waals surface area contributed by atoms with Crippen molar-refractivity contribution >= 4 is 0 Å². The van der Waals surface area contributed by atoms with Gasteiger partial charge in [0, 0.05) is 19.1 Å². The van der Waals surface area contributed by atoms with Gasteiger partial charge in [0.25, 0.3) is 0 Å². The number of hydrogen-bond acceptors (Lipinski definition) is 2. The largest absolute Gasteiger partial charge is 0.329 e. The molecule has 2 nitrogen and oxygen atoms in total. The van der Waals surface area contributed by atoms with Crippen LogP contribution in [0.1, 0.15) is 58.3 Å². The molecule has 1 aliphatic carbocycles. The lowest BCUT2D eigenvalue weighted by molar-refractivity contribution is 0.0895. The monoisotopic (exact) mass is 238 g/mol. The zero-order chi connectivity index (χ0) is 12.1. The summed E-state index contributed by atoms with van der Waals surface area (Å²) in [7, 11) is 0. The first-order valence-electron chi connectivity index (χ1n) is 7.75. The van der Waals surface area contributed by atoms with Crippen LogP contribution in [0.5, 0.6) is 0 Å². The fourth-order valence-corrected chi connectivity index (χ4v) is 3.86. The maximum atomic E-state index is 6.09. The first-order valence-corrected chi connectivity index (χ1v) is 7.75. The summed E-state index contributed by atoms with van der Waals surface area (Å²) in [5.74, 6) is 1.76. The van der Waals surface area contributed by atoms with E-state index >= 15 is 0 Å². The summed E-state index contributed by atoms with van der Waals surface area (Å²) >= 11 is 0. The Morgan fingerprint density at radius 3 is 2.35 bits per heavy atom.